The molecule has 8 heteroatoms. The Morgan fingerprint density at radius 2 is 0.714 bits per heavy atom. The van der Waals surface area contributed by atoms with Gasteiger partial charge in [-0.1, -0.05) is 0 Å². The van der Waals surface area contributed by atoms with Gasteiger partial charge in [-0.25, -0.2) is 0 Å². The normalized spacial score (nSPS) is 18.5. The van der Waals surface area contributed by atoms with Crippen molar-refractivity contribution in [3.05, 3.63) is 0 Å². The first-order valence-corrected chi connectivity index (χ1v) is 10.9. The van der Waals surface area contributed by atoms with Crippen LogP contribution in [0.1, 0.15) is 0 Å². The Balaban J connectivity index is 7.14. The van der Waals surface area contributed by atoms with Crippen LogP contribution in [0.3, 0.4) is 0 Å². The second-order valence-corrected chi connectivity index (χ2v) is 19.2. The molecular weight excluding hydrogens is 280 g/mol. The quantitative estimate of drug-likeness (QED) is 0.434. The zero-order valence-electron chi connectivity index (χ0n) is 6.77. The summed E-state index contributed by atoms with van der Waals surface area (Å²) in [6, 6.07) is 0. The van der Waals surface area contributed by atoms with E-state index >= 15 is 0 Å². The number of hydrogen-bond donors (Lipinski definition) is 1. The van der Waals surface area contributed by atoms with E-state index < -0.39 is 40.7 Å². The van der Waals surface area contributed by atoms with Gasteiger partial charge in [0.1, 0.15) is 0 Å². The average molecular weight is 287 g/mol. The van der Waals surface area contributed by atoms with E-state index in [0.29, 0.717) is 0 Å². The molecule has 0 aromatic rings. The van der Waals surface area contributed by atoms with Crippen molar-refractivity contribution in [1.29, 1.82) is 0 Å². The summed E-state index contributed by atoms with van der Waals surface area (Å²) in [7, 11) is 0. The molecule has 7 nitrogen and oxygen atoms in total. The minimum atomic E-state index is -8.21. The van der Waals surface area contributed by atoms with Gasteiger partial charge in [0.05, 0.1) is 0 Å². The molecule has 0 radical (unpaired) electrons. The van der Waals surface area contributed by atoms with Crippen LogP contribution in [0.15, 0.2) is 0 Å². The second-order valence-electron chi connectivity index (χ2n) is 3.25. The standard InChI is InChI=1S/6CHO.Mo.H2O/c6*1-2;;/h6*1H;;1H2/q;;;;;;+1;/p-1. The second kappa shape index (κ2) is 2.02. The van der Waals surface area contributed by atoms with Gasteiger partial charge in [0, 0.05) is 0 Å². The van der Waals surface area contributed by atoms with Gasteiger partial charge in [-0.2, -0.15) is 0 Å². The molecule has 0 spiro atoms. The van der Waals surface area contributed by atoms with Crippen LogP contribution in [0, 0.1) is 0 Å². The van der Waals surface area contributed by atoms with Crippen molar-refractivity contribution in [3.8, 4) is 0 Å². The third-order valence-corrected chi connectivity index (χ3v) is 11.4. The molecule has 0 saturated carbocycles. The molecule has 0 saturated heterocycles. The number of hydrogen-bond acceptors (Lipinski definition) is 7. The van der Waals surface area contributed by atoms with Crippen LogP contribution in [0.5, 0.6) is 0 Å². The van der Waals surface area contributed by atoms with Crippen molar-refractivity contribution in [2.45, 2.75) is 0 Å². The summed E-state index contributed by atoms with van der Waals surface area (Å²) in [5, 5.41) is 0. The van der Waals surface area contributed by atoms with E-state index in [2.05, 4.69) is 0 Å². The van der Waals surface area contributed by atoms with Gasteiger partial charge in [0.2, 0.25) is 0 Å². The van der Waals surface area contributed by atoms with Crippen molar-refractivity contribution in [3.63, 3.8) is 0 Å². The van der Waals surface area contributed by atoms with E-state index in [1.54, 1.807) is 0 Å². The van der Waals surface area contributed by atoms with Crippen LogP contribution in [0.4, 0.5) is 0 Å². The van der Waals surface area contributed by atoms with Crippen LogP contribution in [-0.2, 0) is 41.5 Å². The molecule has 0 aliphatic carbocycles. The minimum absolute atomic E-state index is 0.827. The molecule has 0 atom stereocenters. The topological polar surface area (TPSA) is 123 Å². The summed E-state index contributed by atoms with van der Waals surface area (Å²) in [6.45, 7) is 0. The van der Waals surface area contributed by atoms with Crippen LogP contribution < -0.4 is 0 Å². The Morgan fingerprint density at radius 3 is 0.714 bits per heavy atom. The predicted octanol–water partition coefficient (Wildman–Crippen LogP) is -2.20. The van der Waals surface area contributed by atoms with Gasteiger partial charge in [-0.3, -0.25) is 0 Å². The first kappa shape index (κ1) is 12.7. The molecule has 0 aliphatic heterocycles. The molecule has 0 unspecified atom stereocenters. The predicted molar refractivity (Wildman–Crippen MR) is 42.7 cm³/mol. The molecule has 0 aliphatic rings. The molecule has 0 aromatic heterocycles. The Morgan fingerprint density at radius 1 is 0.571 bits per heavy atom. The monoisotopic (exact) mass is 289 g/mol. The molecule has 1 N–H and O–H groups in total. The summed E-state index contributed by atoms with van der Waals surface area (Å²) >= 11 is -8.21. The fourth-order valence-corrected chi connectivity index (χ4v) is 2.01. The molecule has 0 bridgehead atoms. The zero-order chi connectivity index (χ0) is 11.6. The maximum absolute atomic E-state index is 10.6. The fraction of sp³-hybridized carbons (Fsp3) is 0. The maximum atomic E-state index is 10.6. The summed E-state index contributed by atoms with van der Waals surface area (Å²) in [6.07, 6.45) is 0. The van der Waals surface area contributed by atoms with Crippen LogP contribution >= 0.6 is 0 Å². The summed E-state index contributed by atoms with van der Waals surface area (Å²) in [5.41, 5.74) is 0. The van der Waals surface area contributed by atoms with E-state index in [1.165, 1.54) is 0 Å². The number of rotatable bonds is 6. The fourth-order valence-electron chi connectivity index (χ4n) is 0.340. The Labute approximate surface area is 73.7 Å². The first-order chi connectivity index (χ1) is 6.22. The van der Waals surface area contributed by atoms with Gasteiger partial charge < -0.3 is 0 Å². The molecule has 0 amide bonds. The van der Waals surface area contributed by atoms with Crippen molar-refractivity contribution in [1.82, 2.24) is 0 Å². The van der Waals surface area contributed by atoms with Gasteiger partial charge in [-0.05, 0) is 0 Å². The van der Waals surface area contributed by atoms with Gasteiger partial charge in [-0.15, -0.1) is 0 Å². The average Bonchev–Trinajstić information content (AvgIpc) is 2.31. The first-order valence-electron chi connectivity index (χ1n) is 3.01. The van der Waals surface area contributed by atoms with Crippen LogP contribution in [0.2, 0.25) is 0 Å². The van der Waals surface area contributed by atoms with Crippen molar-refractivity contribution in [2.75, 3.05) is 0 Å². The van der Waals surface area contributed by atoms with E-state index in [0.717, 1.165) is 0 Å². The Hall–Kier alpha value is -1.33. The molecular formula is C6H7MoO7. The third kappa shape index (κ3) is 0.830. The molecule has 0 rings (SSSR count). The number of carbonyl (C=O) groups is 6. The Bertz CT molecular complexity index is 298. The van der Waals surface area contributed by atoms with Crippen molar-refractivity contribution in [2.24, 2.45) is 0 Å². The molecule has 14 heavy (non-hydrogen) atoms. The van der Waals surface area contributed by atoms with E-state index in [-0.39, 0.29) is 0 Å². The van der Waals surface area contributed by atoms with E-state index in [1.807, 2.05) is 0 Å². The molecule has 0 fully saturated rings. The van der Waals surface area contributed by atoms with E-state index in [4.69, 9.17) is 0 Å². The van der Waals surface area contributed by atoms with E-state index in [9.17, 15) is 32.5 Å². The number of carbonyl (C=O) groups excluding carboxylic acids is 6. The van der Waals surface area contributed by atoms with Gasteiger partial charge in [0.25, 0.3) is 0 Å². The van der Waals surface area contributed by atoms with Gasteiger partial charge in [0.15, 0.2) is 0 Å². The zero-order valence-corrected chi connectivity index (χ0v) is 8.78. The van der Waals surface area contributed by atoms with Crippen LogP contribution in [-0.4, -0.2) is 31.8 Å². The van der Waals surface area contributed by atoms with Gasteiger partial charge >= 0.3 is 73.3 Å². The third-order valence-electron chi connectivity index (χ3n) is 1.92. The molecule has 79 valence electrons. The SMILES string of the molecule is O=[CH][Mo]([OH])([CH]=O)([CH]=O)([CH]=O)([CH]=O)[CH]=O. The van der Waals surface area contributed by atoms with Crippen molar-refractivity contribution >= 4 is 28.1 Å². The Kier molecular flexibility index (Phi) is 1.82. The van der Waals surface area contributed by atoms with Crippen molar-refractivity contribution < 1.29 is 45.2 Å². The summed E-state index contributed by atoms with van der Waals surface area (Å²) in [5.74, 6) is 0. The summed E-state index contributed by atoms with van der Waals surface area (Å²) < 4.78 is 4.76. The molecule has 0 aromatic carbocycles. The summed E-state index contributed by atoms with van der Waals surface area (Å²) in [4.78, 5) is 63.7. The van der Waals surface area contributed by atoms with Crippen LogP contribution in [0.25, 0.3) is 0 Å². The molecule has 0 heterocycles.